The van der Waals surface area contributed by atoms with E-state index < -0.39 is 0 Å². The number of hydrogen-bond acceptors (Lipinski definition) is 3. The number of carbonyl (C=O) groups is 1. The zero-order valence-corrected chi connectivity index (χ0v) is 9.83. The SMILES string of the molecule is COC(=O)CCc1c(C)cc(C#N)cc1C. The molecule has 0 unspecified atom stereocenters. The van der Waals surface area contributed by atoms with E-state index in [0.29, 0.717) is 18.4 Å². The van der Waals surface area contributed by atoms with Crippen molar-refractivity contribution in [3.05, 3.63) is 34.4 Å². The van der Waals surface area contributed by atoms with Crippen molar-refractivity contribution in [1.82, 2.24) is 0 Å². The number of ether oxygens (including phenoxy) is 1. The van der Waals surface area contributed by atoms with E-state index in [2.05, 4.69) is 10.8 Å². The van der Waals surface area contributed by atoms with Gasteiger partial charge in [-0.1, -0.05) is 0 Å². The van der Waals surface area contributed by atoms with Gasteiger partial charge in [-0.3, -0.25) is 4.79 Å². The molecule has 0 fully saturated rings. The molecule has 0 spiro atoms. The molecule has 0 aliphatic rings. The first-order valence-electron chi connectivity index (χ1n) is 5.15. The molecular formula is C13H15NO2. The maximum Gasteiger partial charge on any atom is 0.305 e. The molecule has 16 heavy (non-hydrogen) atoms. The van der Waals surface area contributed by atoms with E-state index in [0.717, 1.165) is 16.7 Å². The number of carbonyl (C=O) groups excluding carboxylic acids is 1. The number of methoxy groups -OCH3 is 1. The number of nitriles is 1. The molecule has 0 saturated carbocycles. The van der Waals surface area contributed by atoms with Gasteiger partial charge in [0, 0.05) is 6.42 Å². The van der Waals surface area contributed by atoms with Crippen molar-refractivity contribution in [1.29, 1.82) is 5.26 Å². The summed E-state index contributed by atoms with van der Waals surface area (Å²) >= 11 is 0. The van der Waals surface area contributed by atoms with Crippen LogP contribution in [0.4, 0.5) is 0 Å². The van der Waals surface area contributed by atoms with Crippen molar-refractivity contribution in [2.75, 3.05) is 7.11 Å². The number of benzene rings is 1. The molecule has 1 aromatic rings. The average molecular weight is 217 g/mol. The van der Waals surface area contributed by atoms with Crippen molar-refractivity contribution in [2.45, 2.75) is 26.7 Å². The number of hydrogen-bond donors (Lipinski definition) is 0. The Hall–Kier alpha value is -1.82. The fourth-order valence-corrected chi connectivity index (χ4v) is 1.78. The van der Waals surface area contributed by atoms with Crippen molar-refractivity contribution in [2.24, 2.45) is 0 Å². The molecule has 1 rings (SSSR count). The average Bonchev–Trinajstić information content (AvgIpc) is 2.27. The van der Waals surface area contributed by atoms with Crippen LogP contribution in [0, 0.1) is 25.2 Å². The number of rotatable bonds is 3. The molecular weight excluding hydrogens is 202 g/mol. The molecule has 3 heteroatoms. The second-order valence-corrected chi connectivity index (χ2v) is 3.78. The van der Waals surface area contributed by atoms with Gasteiger partial charge in [-0.25, -0.2) is 0 Å². The van der Waals surface area contributed by atoms with Gasteiger partial charge < -0.3 is 4.74 Å². The third-order valence-electron chi connectivity index (χ3n) is 2.63. The third-order valence-corrected chi connectivity index (χ3v) is 2.63. The lowest BCUT2D eigenvalue weighted by atomic mass is 9.96. The minimum absolute atomic E-state index is 0.205. The fraction of sp³-hybridized carbons (Fsp3) is 0.385. The lowest BCUT2D eigenvalue weighted by molar-refractivity contribution is -0.140. The molecule has 3 nitrogen and oxygen atoms in total. The zero-order valence-electron chi connectivity index (χ0n) is 9.83. The summed E-state index contributed by atoms with van der Waals surface area (Å²) < 4.78 is 4.61. The largest absolute Gasteiger partial charge is 0.469 e. The highest BCUT2D eigenvalue weighted by Crippen LogP contribution is 2.18. The molecule has 0 aliphatic carbocycles. The minimum Gasteiger partial charge on any atom is -0.469 e. The van der Waals surface area contributed by atoms with Crippen molar-refractivity contribution in [3.63, 3.8) is 0 Å². The molecule has 0 aliphatic heterocycles. The highest BCUT2D eigenvalue weighted by Gasteiger charge is 2.08. The first-order chi connectivity index (χ1) is 7.58. The van der Waals surface area contributed by atoms with Gasteiger partial charge in [0.2, 0.25) is 0 Å². The highest BCUT2D eigenvalue weighted by molar-refractivity contribution is 5.69. The molecule has 0 saturated heterocycles. The predicted octanol–water partition coefficient (Wildman–Crippen LogP) is 2.28. The molecule has 0 heterocycles. The molecule has 0 aromatic heterocycles. The standard InChI is InChI=1S/C13H15NO2/c1-9-6-11(8-14)7-10(2)12(9)4-5-13(15)16-3/h6-7H,4-5H2,1-3H3. The smallest absolute Gasteiger partial charge is 0.305 e. The Bertz CT molecular complexity index is 421. The van der Waals surface area contributed by atoms with E-state index in [9.17, 15) is 4.79 Å². The van der Waals surface area contributed by atoms with Crippen molar-refractivity contribution < 1.29 is 9.53 Å². The topological polar surface area (TPSA) is 50.1 Å². The number of aryl methyl sites for hydroxylation is 2. The molecule has 0 radical (unpaired) electrons. The van der Waals surface area contributed by atoms with Gasteiger partial charge in [0.1, 0.15) is 0 Å². The van der Waals surface area contributed by atoms with E-state index in [1.807, 2.05) is 26.0 Å². The summed E-state index contributed by atoms with van der Waals surface area (Å²) in [5.41, 5.74) is 3.90. The van der Waals surface area contributed by atoms with Crippen molar-refractivity contribution >= 4 is 5.97 Å². The van der Waals surface area contributed by atoms with Crippen LogP contribution in [0.5, 0.6) is 0 Å². The van der Waals surface area contributed by atoms with E-state index >= 15 is 0 Å². The van der Waals surface area contributed by atoms with Crippen LogP contribution in [0.2, 0.25) is 0 Å². The first kappa shape index (κ1) is 12.3. The molecule has 0 amide bonds. The number of nitrogens with zero attached hydrogens (tertiary/aromatic N) is 1. The van der Waals surface area contributed by atoms with E-state index in [4.69, 9.17) is 5.26 Å². The summed E-state index contributed by atoms with van der Waals surface area (Å²) in [6, 6.07) is 5.81. The Labute approximate surface area is 95.7 Å². The maximum atomic E-state index is 11.1. The van der Waals surface area contributed by atoms with Crippen LogP contribution < -0.4 is 0 Å². The van der Waals surface area contributed by atoms with E-state index in [1.165, 1.54) is 7.11 Å². The van der Waals surface area contributed by atoms with Gasteiger partial charge in [-0.05, 0) is 49.1 Å². The third kappa shape index (κ3) is 2.83. The summed E-state index contributed by atoms with van der Waals surface area (Å²) in [5.74, 6) is -0.205. The van der Waals surface area contributed by atoms with E-state index in [1.54, 1.807) is 0 Å². The summed E-state index contributed by atoms with van der Waals surface area (Å²) in [7, 11) is 1.39. The second-order valence-electron chi connectivity index (χ2n) is 3.78. The van der Waals surface area contributed by atoms with Gasteiger partial charge in [0.15, 0.2) is 0 Å². The Morgan fingerprint density at radius 1 is 1.38 bits per heavy atom. The van der Waals surface area contributed by atoms with Crippen LogP contribution in [0.25, 0.3) is 0 Å². The summed E-state index contributed by atoms with van der Waals surface area (Å²) in [6.45, 7) is 3.92. The van der Waals surface area contributed by atoms with Gasteiger partial charge in [0.05, 0.1) is 18.7 Å². The monoisotopic (exact) mass is 217 g/mol. The minimum atomic E-state index is -0.205. The summed E-state index contributed by atoms with van der Waals surface area (Å²) in [4.78, 5) is 11.1. The Kier molecular flexibility index (Phi) is 4.07. The lowest BCUT2D eigenvalue weighted by Gasteiger charge is -2.09. The first-order valence-corrected chi connectivity index (χ1v) is 5.15. The van der Waals surface area contributed by atoms with Crippen LogP contribution in [-0.2, 0) is 16.0 Å². The van der Waals surface area contributed by atoms with Crippen LogP contribution in [0.15, 0.2) is 12.1 Å². The van der Waals surface area contributed by atoms with Crippen molar-refractivity contribution in [3.8, 4) is 6.07 Å². The van der Waals surface area contributed by atoms with Crippen LogP contribution in [0.3, 0.4) is 0 Å². The Morgan fingerprint density at radius 3 is 2.38 bits per heavy atom. The Balaban J connectivity index is 2.89. The predicted molar refractivity (Wildman–Crippen MR) is 61.0 cm³/mol. The van der Waals surface area contributed by atoms with Gasteiger partial charge >= 0.3 is 5.97 Å². The molecule has 0 atom stereocenters. The molecule has 0 N–H and O–H groups in total. The summed E-state index contributed by atoms with van der Waals surface area (Å²) in [5, 5.41) is 8.81. The van der Waals surface area contributed by atoms with E-state index in [-0.39, 0.29) is 5.97 Å². The van der Waals surface area contributed by atoms with Gasteiger partial charge in [-0.2, -0.15) is 5.26 Å². The molecule has 0 bridgehead atoms. The van der Waals surface area contributed by atoms with Gasteiger partial charge in [-0.15, -0.1) is 0 Å². The van der Waals surface area contributed by atoms with Crippen LogP contribution >= 0.6 is 0 Å². The highest BCUT2D eigenvalue weighted by atomic mass is 16.5. The van der Waals surface area contributed by atoms with Gasteiger partial charge in [0.25, 0.3) is 0 Å². The quantitative estimate of drug-likeness (QED) is 0.730. The fourth-order valence-electron chi connectivity index (χ4n) is 1.78. The molecule has 84 valence electrons. The van der Waals surface area contributed by atoms with Crippen LogP contribution in [0.1, 0.15) is 28.7 Å². The Morgan fingerprint density at radius 2 is 1.94 bits per heavy atom. The molecule has 1 aromatic carbocycles. The summed E-state index contributed by atoms with van der Waals surface area (Å²) in [6.07, 6.45) is 1.04. The van der Waals surface area contributed by atoms with Crippen LogP contribution in [-0.4, -0.2) is 13.1 Å². The number of esters is 1. The lowest BCUT2D eigenvalue weighted by Crippen LogP contribution is -2.04. The maximum absolute atomic E-state index is 11.1. The zero-order chi connectivity index (χ0) is 12.1. The second kappa shape index (κ2) is 5.32. The normalized spacial score (nSPS) is 9.62.